The molecule has 0 aliphatic carbocycles. The summed E-state index contributed by atoms with van der Waals surface area (Å²) < 4.78 is 5.05. The maximum absolute atomic E-state index is 5.05. The lowest BCUT2D eigenvalue weighted by molar-refractivity contribution is 0.161. The summed E-state index contributed by atoms with van der Waals surface area (Å²) in [6.07, 6.45) is 0. The fourth-order valence-electron chi connectivity index (χ4n) is 0.440. The lowest BCUT2D eigenvalue weighted by Gasteiger charge is -2.07. The van der Waals surface area contributed by atoms with E-state index >= 15 is 0 Å². The Hall–Kier alpha value is 0.310. The number of hydrogen-bond donors (Lipinski definition) is 0. The van der Waals surface area contributed by atoms with Crippen molar-refractivity contribution in [1.29, 1.82) is 0 Å². The predicted octanol–water partition coefficient (Wildman–Crippen LogP) is 1.78. The number of rotatable bonds is 0. The molecule has 1 nitrogen and oxygen atoms in total. The van der Waals surface area contributed by atoms with Crippen LogP contribution in [0.1, 0.15) is 13.8 Å². The molecule has 0 aromatic rings. The Balaban J connectivity index is 0.000000222. The van der Waals surface area contributed by atoms with Crippen LogP contribution < -0.4 is 0 Å². The molecule has 0 N–H and O–H groups in total. The van der Waals surface area contributed by atoms with E-state index in [0.29, 0.717) is 0 Å². The Morgan fingerprint density at radius 1 is 1.12 bits per heavy atom. The summed E-state index contributed by atoms with van der Waals surface area (Å²) in [6.45, 7) is 5.93. The maximum Gasteiger partial charge on any atom is 0.0557 e. The first kappa shape index (κ1) is 8.31. The van der Waals surface area contributed by atoms with Crippen molar-refractivity contribution < 1.29 is 4.74 Å². The van der Waals surface area contributed by atoms with Gasteiger partial charge in [0.15, 0.2) is 0 Å². The molecule has 0 atom stereocenters. The van der Waals surface area contributed by atoms with Crippen LogP contribution in [0, 0.1) is 0 Å². The lowest BCUT2D eigenvalue weighted by Crippen LogP contribution is -2.08. The fourth-order valence-corrected chi connectivity index (χ4v) is 1.12. The van der Waals surface area contributed by atoms with Crippen LogP contribution in [0.4, 0.5) is 0 Å². The first-order valence-electron chi connectivity index (χ1n) is 3.15. The normalized spacial score (nSPS) is 18.8. The zero-order chi connectivity index (χ0) is 6.24. The van der Waals surface area contributed by atoms with Crippen LogP contribution in [0.5, 0.6) is 0 Å². The van der Waals surface area contributed by atoms with Gasteiger partial charge in [0.2, 0.25) is 0 Å². The van der Waals surface area contributed by atoms with Crippen molar-refractivity contribution in [3.8, 4) is 0 Å². The molecule has 1 aliphatic heterocycles. The van der Waals surface area contributed by atoms with Gasteiger partial charge in [-0.15, -0.1) is 0 Å². The van der Waals surface area contributed by atoms with Gasteiger partial charge < -0.3 is 4.74 Å². The van der Waals surface area contributed by atoms with E-state index in [1.807, 2.05) is 25.6 Å². The molecule has 0 amide bonds. The highest BCUT2D eigenvalue weighted by Gasteiger charge is 1.95. The first-order valence-corrected chi connectivity index (χ1v) is 4.31. The smallest absolute Gasteiger partial charge is 0.0557 e. The molecule has 8 heavy (non-hydrogen) atoms. The fraction of sp³-hybridized carbons (Fsp3) is 1.00. The molecule has 0 radical (unpaired) electrons. The van der Waals surface area contributed by atoms with Gasteiger partial charge in [0.05, 0.1) is 13.2 Å². The molecule has 0 aromatic heterocycles. The molecule has 0 spiro atoms. The summed E-state index contributed by atoms with van der Waals surface area (Å²) in [5, 5.41) is 0. The summed E-state index contributed by atoms with van der Waals surface area (Å²) >= 11 is 1.97. The van der Waals surface area contributed by atoms with Crippen molar-refractivity contribution in [2.24, 2.45) is 0 Å². The van der Waals surface area contributed by atoms with Crippen molar-refractivity contribution in [1.82, 2.24) is 0 Å². The van der Waals surface area contributed by atoms with Gasteiger partial charge in [0.1, 0.15) is 0 Å². The van der Waals surface area contributed by atoms with Gasteiger partial charge in [0, 0.05) is 11.5 Å². The van der Waals surface area contributed by atoms with Crippen molar-refractivity contribution in [3.63, 3.8) is 0 Å². The average Bonchev–Trinajstić information content (AvgIpc) is 1.96. The molecule has 0 unspecified atom stereocenters. The van der Waals surface area contributed by atoms with Crippen LogP contribution in [0.2, 0.25) is 0 Å². The maximum atomic E-state index is 5.05. The van der Waals surface area contributed by atoms with Crippen LogP contribution in [0.15, 0.2) is 0 Å². The average molecular weight is 134 g/mol. The second kappa shape index (κ2) is 7.31. The van der Waals surface area contributed by atoms with E-state index in [1.165, 1.54) is 11.5 Å². The number of thioether (sulfide) groups is 1. The van der Waals surface area contributed by atoms with Gasteiger partial charge in [-0.1, -0.05) is 13.8 Å². The Morgan fingerprint density at radius 3 is 1.75 bits per heavy atom. The summed E-state index contributed by atoms with van der Waals surface area (Å²) in [5.74, 6) is 2.39. The van der Waals surface area contributed by atoms with E-state index in [-0.39, 0.29) is 0 Å². The topological polar surface area (TPSA) is 9.23 Å². The van der Waals surface area contributed by atoms with Crippen LogP contribution in [-0.4, -0.2) is 24.7 Å². The van der Waals surface area contributed by atoms with Crippen molar-refractivity contribution >= 4 is 11.8 Å². The van der Waals surface area contributed by atoms with Gasteiger partial charge in [-0.05, 0) is 0 Å². The van der Waals surface area contributed by atoms with E-state index in [9.17, 15) is 0 Å². The van der Waals surface area contributed by atoms with Crippen LogP contribution in [0.3, 0.4) is 0 Å². The molecule has 1 saturated heterocycles. The van der Waals surface area contributed by atoms with Crippen LogP contribution >= 0.6 is 11.8 Å². The standard InChI is InChI=1S/C4H8OS.C2H6/c1-3-6-4-2-5-1;1-2/h1-4H2;1-2H3. The highest BCUT2D eigenvalue weighted by Crippen LogP contribution is 2.03. The van der Waals surface area contributed by atoms with Gasteiger partial charge in [0.25, 0.3) is 0 Å². The predicted molar refractivity (Wildman–Crippen MR) is 39.5 cm³/mol. The summed E-state index contributed by atoms with van der Waals surface area (Å²) in [6, 6.07) is 0. The van der Waals surface area contributed by atoms with Crippen LogP contribution in [-0.2, 0) is 4.74 Å². The van der Waals surface area contributed by atoms with Crippen molar-refractivity contribution in [2.45, 2.75) is 13.8 Å². The summed E-state index contributed by atoms with van der Waals surface area (Å²) in [7, 11) is 0. The zero-order valence-corrected chi connectivity index (χ0v) is 6.46. The van der Waals surface area contributed by atoms with Crippen LogP contribution in [0.25, 0.3) is 0 Å². The third-order valence-corrected chi connectivity index (χ3v) is 1.65. The monoisotopic (exact) mass is 134 g/mol. The van der Waals surface area contributed by atoms with Crippen molar-refractivity contribution in [2.75, 3.05) is 24.7 Å². The van der Waals surface area contributed by atoms with Gasteiger partial charge >= 0.3 is 0 Å². The highest BCUT2D eigenvalue weighted by atomic mass is 32.2. The van der Waals surface area contributed by atoms with E-state index in [1.54, 1.807) is 0 Å². The molecule has 0 bridgehead atoms. The van der Waals surface area contributed by atoms with Gasteiger partial charge in [-0.3, -0.25) is 0 Å². The molecule has 1 fully saturated rings. The van der Waals surface area contributed by atoms with E-state index in [4.69, 9.17) is 4.74 Å². The van der Waals surface area contributed by atoms with E-state index in [2.05, 4.69) is 0 Å². The summed E-state index contributed by atoms with van der Waals surface area (Å²) in [5.41, 5.74) is 0. The second-order valence-corrected chi connectivity index (χ2v) is 2.45. The minimum absolute atomic E-state index is 0.963. The lowest BCUT2D eigenvalue weighted by atomic mass is 10.8. The van der Waals surface area contributed by atoms with Gasteiger partial charge in [-0.25, -0.2) is 0 Å². The molecule has 1 aliphatic rings. The van der Waals surface area contributed by atoms with Gasteiger partial charge in [-0.2, -0.15) is 11.8 Å². The Bertz CT molecular complexity index is 24.0. The minimum Gasteiger partial charge on any atom is -0.380 e. The second-order valence-electron chi connectivity index (χ2n) is 1.22. The molecule has 1 rings (SSSR count). The molecule has 0 saturated carbocycles. The quantitative estimate of drug-likeness (QED) is 0.499. The molecular formula is C6H14OS. The largest absolute Gasteiger partial charge is 0.380 e. The Labute approximate surface area is 55.8 Å². The Morgan fingerprint density at radius 2 is 1.62 bits per heavy atom. The highest BCUT2D eigenvalue weighted by molar-refractivity contribution is 7.99. The molecule has 1 heterocycles. The zero-order valence-electron chi connectivity index (χ0n) is 5.64. The van der Waals surface area contributed by atoms with E-state index in [0.717, 1.165) is 13.2 Å². The first-order chi connectivity index (χ1) is 4.00. The number of ether oxygens (including phenoxy) is 1. The minimum atomic E-state index is 0.963. The molecular weight excluding hydrogens is 120 g/mol. The summed E-state index contributed by atoms with van der Waals surface area (Å²) in [4.78, 5) is 0. The van der Waals surface area contributed by atoms with Crippen molar-refractivity contribution in [3.05, 3.63) is 0 Å². The third-order valence-electron chi connectivity index (χ3n) is 0.744. The molecule has 0 aromatic carbocycles. The molecule has 50 valence electrons. The third kappa shape index (κ3) is 4.47. The van der Waals surface area contributed by atoms with E-state index < -0.39 is 0 Å². The molecule has 2 heteroatoms. The SMILES string of the molecule is C1CSCCO1.CC. The Kier molecular flexibility index (Phi) is 7.59. The number of hydrogen-bond acceptors (Lipinski definition) is 2.